The average molecular weight is 244 g/mol. The smallest absolute Gasteiger partial charge is 0.132 e. The Bertz CT molecular complexity index is 354. The summed E-state index contributed by atoms with van der Waals surface area (Å²) in [6, 6.07) is 4.18. The molecule has 0 fully saturated rings. The quantitative estimate of drug-likeness (QED) is 0.791. The molecular formula is C12H17FO4. The summed E-state index contributed by atoms with van der Waals surface area (Å²) in [5.41, 5.74) is 0.217. The van der Waals surface area contributed by atoms with E-state index in [-0.39, 0.29) is 18.8 Å². The molecule has 5 heteroatoms. The SMILES string of the molecule is COCC(O)COc1ccc([C@@H](C)O)c(F)c1. The molecule has 2 atom stereocenters. The Morgan fingerprint density at radius 2 is 2.00 bits per heavy atom. The third-order valence-corrected chi connectivity index (χ3v) is 2.22. The largest absolute Gasteiger partial charge is 0.491 e. The molecule has 2 N–H and O–H groups in total. The zero-order chi connectivity index (χ0) is 12.8. The van der Waals surface area contributed by atoms with Crippen molar-refractivity contribution in [2.75, 3.05) is 20.3 Å². The van der Waals surface area contributed by atoms with Crippen molar-refractivity contribution in [2.24, 2.45) is 0 Å². The van der Waals surface area contributed by atoms with Gasteiger partial charge in [0.15, 0.2) is 0 Å². The van der Waals surface area contributed by atoms with Crippen LogP contribution < -0.4 is 4.74 Å². The molecule has 0 heterocycles. The van der Waals surface area contributed by atoms with Gasteiger partial charge >= 0.3 is 0 Å². The standard InChI is InChI=1S/C12H17FO4/c1-8(14)11-4-3-10(5-12(11)13)17-7-9(15)6-16-2/h3-5,8-9,14-15H,6-7H2,1-2H3/t8-,9?/m1/s1. The Hall–Kier alpha value is -1.17. The molecular weight excluding hydrogens is 227 g/mol. The van der Waals surface area contributed by atoms with E-state index in [0.29, 0.717) is 5.75 Å². The minimum Gasteiger partial charge on any atom is -0.491 e. The summed E-state index contributed by atoms with van der Waals surface area (Å²) in [7, 11) is 1.47. The van der Waals surface area contributed by atoms with Gasteiger partial charge in [-0.25, -0.2) is 4.39 Å². The Balaban J connectivity index is 2.58. The van der Waals surface area contributed by atoms with E-state index >= 15 is 0 Å². The van der Waals surface area contributed by atoms with Gasteiger partial charge < -0.3 is 19.7 Å². The van der Waals surface area contributed by atoms with Crippen molar-refractivity contribution >= 4 is 0 Å². The highest BCUT2D eigenvalue weighted by Crippen LogP contribution is 2.21. The first-order valence-electron chi connectivity index (χ1n) is 5.32. The lowest BCUT2D eigenvalue weighted by molar-refractivity contribution is 0.0324. The van der Waals surface area contributed by atoms with E-state index in [1.165, 1.54) is 26.2 Å². The molecule has 0 aromatic heterocycles. The molecule has 0 saturated heterocycles. The highest BCUT2D eigenvalue weighted by atomic mass is 19.1. The van der Waals surface area contributed by atoms with E-state index in [2.05, 4.69) is 0 Å². The van der Waals surface area contributed by atoms with E-state index in [9.17, 15) is 14.6 Å². The molecule has 0 amide bonds. The van der Waals surface area contributed by atoms with E-state index in [1.54, 1.807) is 6.07 Å². The number of benzene rings is 1. The maximum Gasteiger partial charge on any atom is 0.132 e. The molecule has 0 aliphatic heterocycles. The first kappa shape index (κ1) is 13.9. The van der Waals surface area contributed by atoms with Gasteiger partial charge in [0.25, 0.3) is 0 Å². The van der Waals surface area contributed by atoms with Crippen molar-refractivity contribution in [3.63, 3.8) is 0 Å². The summed E-state index contributed by atoms with van der Waals surface area (Å²) >= 11 is 0. The zero-order valence-electron chi connectivity index (χ0n) is 9.89. The number of halogens is 1. The predicted molar refractivity (Wildman–Crippen MR) is 60.4 cm³/mol. The molecule has 1 rings (SSSR count). The monoisotopic (exact) mass is 244 g/mol. The van der Waals surface area contributed by atoms with Gasteiger partial charge in [-0.1, -0.05) is 0 Å². The number of hydrogen-bond donors (Lipinski definition) is 2. The molecule has 96 valence electrons. The molecule has 1 aromatic rings. The highest BCUT2D eigenvalue weighted by Gasteiger charge is 2.10. The van der Waals surface area contributed by atoms with Crippen LogP contribution in [0.2, 0.25) is 0 Å². The van der Waals surface area contributed by atoms with Crippen molar-refractivity contribution in [1.29, 1.82) is 0 Å². The molecule has 0 aliphatic rings. The second-order valence-electron chi connectivity index (χ2n) is 3.78. The summed E-state index contributed by atoms with van der Waals surface area (Å²) in [5, 5.41) is 18.6. The maximum absolute atomic E-state index is 13.4. The zero-order valence-corrected chi connectivity index (χ0v) is 9.89. The van der Waals surface area contributed by atoms with Gasteiger partial charge in [-0.3, -0.25) is 0 Å². The number of methoxy groups -OCH3 is 1. The third kappa shape index (κ3) is 4.30. The van der Waals surface area contributed by atoms with Crippen LogP contribution in [0, 0.1) is 5.82 Å². The fourth-order valence-electron chi connectivity index (χ4n) is 1.37. The Labute approximate surface area is 99.6 Å². The van der Waals surface area contributed by atoms with Crippen LogP contribution in [0.25, 0.3) is 0 Å². The second-order valence-corrected chi connectivity index (χ2v) is 3.78. The van der Waals surface area contributed by atoms with Crippen LogP contribution in [-0.2, 0) is 4.74 Å². The van der Waals surface area contributed by atoms with Crippen LogP contribution in [0.3, 0.4) is 0 Å². The average Bonchev–Trinajstić information content (AvgIpc) is 2.26. The summed E-state index contributed by atoms with van der Waals surface area (Å²) in [4.78, 5) is 0. The fourth-order valence-corrected chi connectivity index (χ4v) is 1.37. The maximum atomic E-state index is 13.4. The van der Waals surface area contributed by atoms with Crippen LogP contribution in [0.5, 0.6) is 5.75 Å². The first-order valence-corrected chi connectivity index (χ1v) is 5.32. The van der Waals surface area contributed by atoms with Gasteiger partial charge in [-0.05, 0) is 19.1 Å². The number of aliphatic hydroxyl groups is 2. The molecule has 0 spiro atoms. The molecule has 0 saturated carbocycles. The van der Waals surface area contributed by atoms with Crippen molar-refractivity contribution in [1.82, 2.24) is 0 Å². The predicted octanol–water partition coefficient (Wildman–Crippen LogP) is 1.27. The number of hydrogen-bond acceptors (Lipinski definition) is 4. The summed E-state index contributed by atoms with van der Waals surface area (Å²) in [5.74, 6) is -0.221. The van der Waals surface area contributed by atoms with Gasteiger partial charge in [0.2, 0.25) is 0 Å². The number of aliphatic hydroxyl groups excluding tert-OH is 2. The van der Waals surface area contributed by atoms with Gasteiger partial charge in [-0.15, -0.1) is 0 Å². The Morgan fingerprint density at radius 3 is 2.53 bits per heavy atom. The van der Waals surface area contributed by atoms with Crippen molar-refractivity contribution in [3.05, 3.63) is 29.6 Å². The molecule has 1 aromatic carbocycles. The third-order valence-electron chi connectivity index (χ3n) is 2.22. The van der Waals surface area contributed by atoms with Gasteiger partial charge in [0, 0.05) is 18.7 Å². The first-order chi connectivity index (χ1) is 8.04. The van der Waals surface area contributed by atoms with Crippen molar-refractivity contribution in [3.8, 4) is 5.75 Å². The molecule has 0 radical (unpaired) electrons. The van der Waals surface area contributed by atoms with E-state index in [4.69, 9.17) is 9.47 Å². The van der Waals surface area contributed by atoms with Crippen LogP contribution in [0.15, 0.2) is 18.2 Å². The normalized spacial score (nSPS) is 14.4. The highest BCUT2D eigenvalue weighted by molar-refractivity contribution is 5.30. The number of ether oxygens (including phenoxy) is 2. The summed E-state index contributed by atoms with van der Waals surface area (Å²) in [6.45, 7) is 1.68. The van der Waals surface area contributed by atoms with Crippen LogP contribution in [-0.4, -0.2) is 36.6 Å². The summed E-state index contributed by atoms with van der Waals surface area (Å²) < 4.78 is 23.4. The lowest BCUT2D eigenvalue weighted by Crippen LogP contribution is -2.22. The van der Waals surface area contributed by atoms with E-state index in [0.717, 1.165) is 0 Å². The lowest BCUT2D eigenvalue weighted by atomic mass is 10.1. The summed E-state index contributed by atoms with van der Waals surface area (Å²) in [6.07, 6.45) is -1.61. The van der Waals surface area contributed by atoms with E-state index < -0.39 is 18.0 Å². The second kappa shape index (κ2) is 6.54. The molecule has 4 nitrogen and oxygen atoms in total. The lowest BCUT2D eigenvalue weighted by Gasteiger charge is -2.12. The number of rotatable bonds is 6. The van der Waals surface area contributed by atoms with Crippen molar-refractivity contribution < 1.29 is 24.1 Å². The van der Waals surface area contributed by atoms with Gasteiger partial charge in [0.05, 0.1) is 12.7 Å². The topological polar surface area (TPSA) is 58.9 Å². The van der Waals surface area contributed by atoms with Crippen LogP contribution >= 0.6 is 0 Å². The van der Waals surface area contributed by atoms with Crippen molar-refractivity contribution in [2.45, 2.75) is 19.1 Å². The Morgan fingerprint density at radius 1 is 1.29 bits per heavy atom. The Kier molecular flexibility index (Phi) is 5.34. The fraction of sp³-hybridized carbons (Fsp3) is 0.500. The van der Waals surface area contributed by atoms with Gasteiger partial charge in [0.1, 0.15) is 24.3 Å². The molecule has 0 bridgehead atoms. The van der Waals surface area contributed by atoms with Crippen LogP contribution in [0.4, 0.5) is 4.39 Å². The van der Waals surface area contributed by atoms with E-state index in [1.807, 2.05) is 0 Å². The molecule has 1 unspecified atom stereocenters. The van der Waals surface area contributed by atoms with Gasteiger partial charge in [-0.2, -0.15) is 0 Å². The minimum absolute atomic E-state index is 0.0291. The molecule has 17 heavy (non-hydrogen) atoms. The minimum atomic E-state index is -0.858. The van der Waals surface area contributed by atoms with Crippen LogP contribution in [0.1, 0.15) is 18.6 Å². The molecule has 0 aliphatic carbocycles.